The molecule has 5 nitrogen and oxygen atoms in total. The van der Waals surface area contributed by atoms with E-state index in [4.69, 9.17) is 0 Å². The quantitative estimate of drug-likeness (QED) is 0.479. The largest absolute Gasteiger partial charge is 0.340 e. The number of thiazole rings is 1. The number of aromatic nitrogens is 1. The Labute approximate surface area is 196 Å². The van der Waals surface area contributed by atoms with Gasteiger partial charge in [-0.1, -0.05) is 46.8 Å². The number of rotatable bonds is 6. The van der Waals surface area contributed by atoms with Gasteiger partial charge in [0.05, 0.1) is 5.69 Å². The van der Waals surface area contributed by atoms with Crippen molar-refractivity contribution >= 4 is 28.3 Å². The Bertz CT molecular complexity index is 1150. The Hall–Kier alpha value is -3.13. The van der Waals surface area contributed by atoms with E-state index in [-0.39, 0.29) is 33.6 Å². The Morgan fingerprint density at radius 2 is 1.70 bits per heavy atom. The van der Waals surface area contributed by atoms with E-state index >= 15 is 0 Å². The number of hydrogen-bond acceptors (Lipinski definition) is 4. The lowest BCUT2D eigenvalue weighted by atomic mass is 9.86. The molecule has 1 aromatic heterocycles. The fraction of sp³-hybridized carbons (Fsp3) is 0.320. The molecule has 2 amide bonds. The number of amides is 2. The maximum atomic E-state index is 14.0. The van der Waals surface area contributed by atoms with Crippen molar-refractivity contribution in [1.82, 2.24) is 10.3 Å². The molecule has 3 rings (SSSR count). The van der Waals surface area contributed by atoms with Gasteiger partial charge in [-0.2, -0.15) is 0 Å². The number of benzene rings is 2. The monoisotopic (exact) mass is 471 g/mol. The van der Waals surface area contributed by atoms with E-state index in [1.807, 2.05) is 26.0 Å². The van der Waals surface area contributed by atoms with Crippen LogP contribution in [-0.2, 0) is 10.2 Å². The molecule has 1 atom stereocenters. The van der Waals surface area contributed by atoms with Gasteiger partial charge in [0.15, 0.2) is 5.13 Å². The Kier molecular flexibility index (Phi) is 7.27. The zero-order chi connectivity index (χ0) is 24.3. The lowest BCUT2D eigenvalue weighted by molar-refractivity contribution is -0.118. The molecular formula is C25H27F2N3O2S. The Morgan fingerprint density at radius 3 is 2.30 bits per heavy atom. The zero-order valence-electron chi connectivity index (χ0n) is 19.2. The van der Waals surface area contributed by atoms with Gasteiger partial charge in [-0.15, -0.1) is 11.3 Å². The van der Waals surface area contributed by atoms with Gasteiger partial charge in [0, 0.05) is 16.5 Å². The maximum Gasteiger partial charge on any atom is 0.251 e. The van der Waals surface area contributed by atoms with Crippen LogP contribution < -0.4 is 10.6 Å². The van der Waals surface area contributed by atoms with Crippen LogP contribution in [-0.4, -0.2) is 22.8 Å². The molecule has 0 saturated carbocycles. The average Bonchev–Trinajstić information content (AvgIpc) is 3.20. The summed E-state index contributed by atoms with van der Waals surface area (Å²) in [6, 6.07) is 9.60. The summed E-state index contributed by atoms with van der Waals surface area (Å²) in [5.74, 6) is -2.17. The van der Waals surface area contributed by atoms with Crippen molar-refractivity contribution in [2.75, 3.05) is 5.32 Å². The SMILES string of the molecule is CC(C)[C@H](NC(=O)c1ccc(C(C)(C)C)cc1)C(=O)Nc1nc(-c2cc(F)ccc2F)cs1. The molecular weight excluding hydrogens is 444 g/mol. The van der Waals surface area contributed by atoms with E-state index in [9.17, 15) is 18.4 Å². The average molecular weight is 472 g/mol. The first kappa shape index (κ1) is 24.5. The first-order valence-corrected chi connectivity index (χ1v) is 11.5. The highest BCUT2D eigenvalue weighted by Crippen LogP contribution is 2.28. The number of nitrogens with zero attached hydrogens (tertiary/aromatic N) is 1. The Balaban J connectivity index is 1.71. The van der Waals surface area contributed by atoms with Gasteiger partial charge >= 0.3 is 0 Å². The third kappa shape index (κ3) is 6.01. The second-order valence-electron chi connectivity index (χ2n) is 9.17. The summed E-state index contributed by atoms with van der Waals surface area (Å²) >= 11 is 1.09. The van der Waals surface area contributed by atoms with Crippen LogP contribution in [0.25, 0.3) is 11.3 Å². The van der Waals surface area contributed by atoms with E-state index in [2.05, 4.69) is 36.4 Å². The van der Waals surface area contributed by atoms with Crippen LogP contribution in [0.3, 0.4) is 0 Å². The van der Waals surface area contributed by atoms with Crippen LogP contribution in [0.2, 0.25) is 0 Å². The summed E-state index contributed by atoms with van der Waals surface area (Å²) in [6.45, 7) is 9.92. The minimum atomic E-state index is -0.807. The van der Waals surface area contributed by atoms with Crippen LogP contribution in [0.4, 0.5) is 13.9 Å². The van der Waals surface area contributed by atoms with Crippen molar-refractivity contribution in [2.45, 2.75) is 46.1 Å². The summed E-state index contributed by atoms with van der Waals surface area (Å²) < 4.78 is 27.5. The predicted molar refractivity (Wildman–Crippen MR) is 127 cm³/mol. The topological polar surface area (TPSA) is 71.1 Å². The standard InChI is InChI=1S/C25H27F2N3O2S/c1-14(2)21(29-22(31)15-6-8-16(9-7-15)25(3,4)5)23(32)30-24-28-20(13-33-24)18-12-17(26)10-11-19(18)27/h6-14,21H,1-5H3,(H,29,31)(H,28,30,32)/t21-/m0/s1. The molecule has 0 aliphatic carbocycles. The van der Waals surface area contributed by atoms with Gasteiger partial charge < -0.3 is 10.6 Å². The van der Waals surface area contributed by atoms with Crippen molar-refractivity contribution in [3.8, 4) is 11.3 Å². The third-order valence-corrected chi connectivity index (χ3v) is 5.95. The first-order valence-electron chi connectivity index (χ1n) is 10.6. The second-order valence-corrected chi connectivity index (χ2v) is 10.0. The molecule has 2 aromatic carbocycles. The third-order valence-electron chi connectivity index (χ3n) is 5.19. The smallest absolute Gasteiger partial charge is 0.251 e. The van der Waals surface area contributed by atoms with E-state index in [0.717, 1.165) is 35.1 Å². The lowest BCUT2D eigenvalue weighted by Crippen LogP contribution is -2.47. The molecule has 3 aromatic rings. The second kappa shape index (κ2) is 9.79. The van der Waals surface area contributed by atoms with Gasteiger partial charge in [0.2, 0.25) is 5.91 Å². The van der Waals surface area contributed by atoms with Gasteiger partial charge in [0.1, 0.15) is 17.7 Å². The molecule has 174 valence electrons. The van der Waals surface area contributed by atoms with E-state index in [1.54, 1.807) is 12.1 Å². The number of carbonyl (C=O) groups excluding carboxylic acids is 2. The van der Waals surface area contributed by atoms with Crippen molar-refractivity contribution in [1.29, 1.82) is 0 Å². The molecule has 0 fully saturated rings. The summed E-state index contributed by atoms with van der Waals surface area (Å²) in [6.07, 6.45) is 0. The van der Waals surface area contributed by atoms with Crippen LogP contribution in [0.15, 0.2) is 47.8 Å². The minimum Gasteiger partial charge on any atom is -0.340 e. The highest BCUT2D eigenvalue weighted by Gasteiger charge is 2.26. The molecule has 8 heteroatoms. The van der Waals surface area contributed by atoms with Gasteiger partial charge in [0.25, 0.3) is 5.91 Å². The molecule has 33 heavy (non-hydrogen) atoms. The molecule has 0 aliphatic rings. The fourth-order valence-electron chi connectivity index (χ4n) is 3.21. The summed E-state index contributed by atoms with van der Waals surface area (Å²) in [5.41, 5.74) is 1.76. The number of anilines is 1. The lowest BCUT2D eigenvalue weighted by Gasteiger charge is -2.22. The van der Waals surface area contributed by atoms with Crippen molar-refractivity contribution in [2.24, 2.45) is 5.92 Å². The van der Waals surface area contributed by atoms with Crippen LogP contribution in [0, 0.1) is 17.6 Å². The molecule has 0 spiro atoms. The Morgan fingerprint density at radius 1 is 1.03 bits per heavy atom. The van der Waals surface area contributed by atoms with Crippen molar-refractivity contribution < 1.29 is 18.4 Å². The van der Waals surface area contributed by atoms with Crippen LogP contribution in [0.1, 0.15) is 50.5 Å². The van der Waals surface area contributed by atoms with Gasteiger partial charge in [-0.3, -0.25) is 9.59 Å². The van der Waals surface area contributed by atoms with Gasteiger partial charge in [-0.25, -0.2) is 13.8 Å². The molecule has 0 unspecified atom stereocenters. The normalized spacial score (nSPS) is 12.5. The van der Waals surface area contributed by atoms with Crippen LogP contribution in [0.5, 0.6) is 0 Å². The zero-order valence-corrected chi connectivity index (χ0v) is 20.0. The highest BCUT2D eigenvalue weighted by molar-refractivity contribution is 7.14. The van der Waals surface area contributed by atoms with E-state index in [0.29, 0.717) is 5.56 Å². The highest BCUT2D eigenvalue weighted by atomic mass is 32.1. The number of halogens is 2. The van der Waals surface area contributed by atoms with E-state index in [1.165, 1.54) is 5.38 Å². The molecule has 0 radical (unpaired) electrons. The van der Waals surface area contributed by atoms with Gasteiger partial charge in [-0.05, 0) is 47.2 Å². The summed E-state index contributed by atoms with van der Waals surface area (Å²) in [4.78, 5) is 29.8. The van der Waals surface area contributed by atoms with Crippen molar-refractivity contribution in [3.05, 3.63) is 70.6 Å². The molecule has 0 saturated heterocycles. The summed E-state index contributed by atoms with van der Waals surface area (Å²) in [5, 5.41) is 7.22. The van der Waals surface area contributed by atoms with Crippen molar-refractivity contribution in [3.63, 3.8) is 0 Å². The van der Waals surface area contributed by atoms with E-state index < -0.39 is 23.6 Å². The number of carbonyl (C=O) groups is 2. The molecule has 0 aliphatic heterocycles. The summed E-state index contributed by atoms with van der Waals surface area (Å²) in [7, 11) is 0. The molecule has 2 N–H and O–H groups in total. The maximum absolute atomic E-state index is 14.0. The molecule has 0 bridgehead atoms. The minimum absolute atomic E-state index is 0.0131. The number of nitrogens with one attached hydrogen (secondary N) is 2. The fourth-order valence-corrected chi connectivity index (χ4v) is 3.93. The predicted octanol–water partition coefficient (Wildman–Crippen LogP) is 5.78. The molecule has 1 heterocycles. The number of hydrogen-bond donors (Lipinski definition) is 2. The first-order chi connectivity index (χ1) is 15.5. The van der Waals surface area contributed by atoms with Crippen LogP contribution >= 0.6 is 11.3 Å².